The van der Waals surface area contributed by atoms with E-state index in [4.69, 9.17) is 5.73 Å². The maximum atomic E-state index is 11.6. The Kier molecular flexibility index (Phi) is 4.84. The maximum absolute atomic E-state index is 11.6. The second-order valence-corrected chi connectivity index (χ2v) is 5.21. The van der Waals surface area contributed by atoms with Crippen LogP contribution in [0.15, 0.2) is 18.2 Å². The normalized spacial score (nSPS) is 18.9. The number of amides is 1. The van der Waals surface area contributed by atoms with E-state index in [9.17, 15) is 9.90 Å². The molecule has 1 atom stereocenters. The van der Waals surface area contributed by atoms with Gasteiger partial charge in [-0.2, -0.15) is 0 Å². The van der Waals surface area contributed by atoms with Crippen molar-refractivity contribution in [3.05, 3.63) is 23.8 Å². The second kappa shape index (κ2) is 6.61. The molecule has 1 fully saturated rings. The molecule has 0 aliphatic carbocycles. The van der Waals surface area contributed by atoms with Crippen molar-refractivity contribution in [2.24, 2.45) is 0 Å². The lowest BCUT2D eigenvalue weighted by atomic mass is 9.98. The summed E-state index contributed by atoms with van der Waals surface area (Å²) in [6, 6.07) is 5.77. The highest BCUT2D eigenvalue weighted by Crippen LogP contribution is 2.31. The number of hydrogen-bond donors (Lipinski definition) is 3. The highest BCUT2D eigenvalue weighted by atomic mass is 16.3. The molecule has 1 aromatic carbocycles. The molecule has 0 spiro atoms. The fourth-order valence-electron chi connectivity index (χ4n) is 2.87. The Hall–Kier alpha value is -1.75. The lowest BCUT2D eigenvalue weighted by molar-refractivity contribution is 0.0963. The number of nitrogens with zero attached hydrogens (tertiary/aromatic N) is 1. The van der Waals surface area contributed by atoms with Crippen LogP contribution in [0.1, 0.15) is 36.0 Å². The van der Waals surface area contributed by atoms with Gasteiger partial charge in [0, 0.05) is 31.8 Å². The van der Waals surface area contributed by atoms with Crippen LogP contribution in [-0.4, -0.2) is 37.3 Å². The maximum Gasteiger partial charge on any atom is 0.251 e. The monoisotopic (exact) mass is 277 g/mol. The first-order valence-corrected chi connectivity index (χ1v) is 7.16. The summed E-state index contributed by atoms with van der Waals surface area (Å²) in [7, 11) is 1.61. The van der Waals surface area contributed by atoms with Gasteiger partial charge in [-0.15, -0.1) is 0 Å². The lowest BCUT2D eigenvalue weighted by Gasteiger charge is -2.38. The van der Waals surface area contributed by atoms with Crippen LogP contribution < -0.4 is 16.0 Å². The molecule has 1 unspecified atom stereocenters. The van der Waals surface area contributed by atoms with E-state index in [-0.39, 0.29) is 12.5 Å². The molecule has 1 amide bonds. The molecule has 1 aromatic rings. The number of carbonyl (C=O) groups excluding carboxylic acids is 1. The molecule has 5 nitrogen and oxygen atoms in total. The number of benzene rings is 1. The van der Waals surface area contributed by atoms with Gasteiger partial charge in [-0.3, -0.25) is 4.79 Å². The van der Waals surface area contributed by atoms with Crippen molar-refractivity contribution in [3.8, 4) is 0 Å². The van der Waals surface area contributed by atoms with Crippen molar-refractivity contribution in [2.45, 2.75) is 31.7 Å². The summed E-state index contributed by atoms with van der Waals surface area (Å²) in [6.07, 6.45) is 4.17. The molecule has 1 heterocycles. The third kappa shape index (κ3) is 3.04. The summed E-state index contributed by atoms with van der Waals surface area (Å²) >= 11 is 0. The smallest absolute Gasteiger partial charge is 0.251 e. The predicted octanol–water partition coefficient (Wildman–Crippen LogP) is 1.37. The van der Waals surface area contributed by atoms with Gasteiger partial charge in [-0.25, -0.2) is 0 Å². The van der Waals surface area contributed by atoms with Gasteiger partial charge in [0.05, 0.1) is 11.4 Å². The van der Waals surface area contributed by atoms with Gasteiger partial charge >= 0.3 is 0 Å². The number of nitrogens with one attached hydrogen (secondary N) is 1. The van der Waals surface area contributed by atoms with Crippen molar-refractivity contribution >= 4 is 17.3 Å². The highest BCUT2D eigenvalue weighted by molar-refractivity contribution is 5.96. The molecule has 2 rings (SSSR count). The fraction of sp³-hybridized carbons (Fsp3) is 0.533. The minimum absolute atomic E-state index is 0.131. The van der Waals surface area contributed by atoms with Gasteiger partial charge in [0.15, 0.2) is 0 Å². The van der Waals surface area contributed by atoms with Gasteiger partial charge in [0.25, 0.3) is 5.91 Å². The Morgan fingerprint density at radius 3 is 2.95 bits per heavy atom. The number of nitrogen functional groups attached to an aromatic ring is 1. The average Bonchev–Trinajstić information content (AvgIpc) is 2.47. The molecule has 110 valence electrons. The first-order chi connectivity index (χ1) is 9.67. The molecule has 20 heavy (non-hydrogen) atoms. The Labute approximate surface area is 119 Å². The topological polar surface area (TPSA) is 78.6 Å². The third-order valence-electron chi connectivity index (χ3n) is 3.92. The molecule has 1 aliphatic heterocycles. The van der Waals surface area contributed by atoms with E-state index < -0.39 is 0 Å². The van der Waals surface area contributed by atoms with Gasteiger partial charge < -0.3 is 21.1 Å². The van der Waals surface area contributed by atoms with Crippen LogP contribution in [0.4, 0.5) is 11.4 Å². The molecular weight excluding hydrogens is 254 g/mol. The summed E-state index contributed by atoms with van der Waals surface area (Å²) in [5.41, 5.74) is 8.28. The van der Waals surface area contributed by atoms with E-state index >= 15 is 0 Å². The van der Waals surface area contributed by atoms with Crippen molar-refractivity contribution < 1.29 is 9.90 Å². The van der Waals surface area contributed by atoms with Gasteiger partial charge in [-0.05, 0) is 43.9 Å². The molecule has 4 N–H and O–H groups in total. The summed E-state index contributed by atoms with van der Waals surface area (Å²) < 4.78 is 0. The fourth-order valence-corrected chi connectivity index (χ4v) is 2.87. The molecule has 1 aliphatic rings. The number of nitrogens with two attached hydrogens (primary N) is 1. The Morgan fingerprint density at radius 2 is 2.30 bits per heavy atom. The average molecular weight is 277 g/mol. The Morgan fingerprint density at radius 1 is 1.50 bits per heavy atom. The van der Waals surface area contributed by atoms with E-state index in [1.807, 2.05) is 6.07 Å². The molecule has 1 saturated heterocycles. The minimum Gasteiger partial charge on any atom is -0.397 e. The molecular formula is C15H23N3O2. The zero-order chi connectivity index (χ0) is 14.5. The predicted molar refractivity (Wildman–Crippen MR) is 80.9 cm³/mol. The van der Waals surface area contributed by atoms with Gasteiger partial charge in [-0.1, -0.05) is 0 Å². The zero-order valence-electron chi connectivity index (χ0n) is 11.9. The molecule has 0 aromatic heterocycles. The van der Waals surface area contributed by atoms with Gasteiger partial charge in [0.2, 0.25) is 0 Å². The standard InChI is InChI=1S/C15H23N3O2/c1-17-15(20)11-5-6-14(13(16)10-11)18-8-3-2-4-12(18)7-9-19/h5-6,10,12,19H,2-4,7-9,16H2,1H3,(H,17,20). The Balaban J connectivity index is 2.24. The van der Waals surface area contributed by atoms with Crippen LogP contribution in [0.25, 0.3) is 0 Å². The Bertz CT molecular complexity index is 474. The van der Waals surface area contributed by atoms with Crippen LogP contribution in [0.3, 0.4) is 0 Å². The zero-order valence-corrected chi connectivity index (χ0v) is 11.9. The van der Waals surface area contributed by atoms with Crippen molar-refractivity contribution in [1.82, 2.24) is 5.32 Å². The largest absolute Gasteiger partial charge is 0.397 e. The summed E-state index contributed by atoms with van der Waals surface area (Å²) in [6.45, 7) is 1.14. The second-order valence-electron chi connectivity index (χ2n) is 5.21. The van der Waals surface area contributed by atoms with Crippen molar-refractivity contribution in [2.75, 3.05) is 30.8 Å². The van der Waals surface area contributed by atoms with Crippen LogP contribution in [0.2, 0.25) is 0 Å². The minimum atomic E-state index is -0.131. The van der Waals surface area contributed by atoms with E-state index in [0.29, 0.717) is 17.3 Å². The first kappa shape index (κ1) is 14.7. The SMILES string of the molecule is CNC(=O)c1ccc(N2CCCCC2CCO)c(N)c1. The molecule has 0 saturated carbocycles. The molecule has 0 bridgehead atoms. The summed E-state index contributed by atoms with van der Waals surface area (Å²) in [5, 5.41) is 11.8. The van der Waals surface area contributed by atoms with E-state index in [1.165, 1.54) is 6.42 Å². The highest BCUT2D eigenvalue weighted by Gasteiger charge is 2.23. The van der Waals surface area contributed by atoms with Crippen LogP contribution in [0, 0.1) is 0 Å². The quantitative estimate of drug-likeness (QED) is 0.726. The number of carbonyl (C=O) groups is 1. The molecule has 5 heteroatoms. The first-order valence-electron chi connectivity index (χ1n) is 7.16. The summed E-state index contributed by atoms with van der Waals surface area (Å²) in [4.78, 5) is 13.9. The number of hydrogen-bond acceptors (Lipinski definition) is 4. The number of piperidine rings is 1. The number of anilines is 2. The number of aliphatic hydroxyl groups is 1. The van der Waals surface area contributed by atoms with Crippen LogP contribution in [0.5, 0.6) is 0 Å². The number of rotatable bonds is 4. The number of aliphatic hydroxyl groups excluding tert-OH is 1. The lowest BCUT2D eigenvalue weighted by Crippen LogP contribution is -2.40. The van der Waals surface area contributed by atoms with E-state index in [0.717, 1.165) is 31.5 Å². The van der Waals surface area contributed by atoms with Gasteiger partial charge in [0.1, 0.15) is 0 Å². The van der Waals surface area contributed by atoms with Crippen molar-refractivity contribution in [3.63, 3.8) is 0 Å². The van der Waals surface area contributed by atoms with Crippen LogP contribution in [-0.2, 0) is 0 Å². The third-order valence-corrected chi connectivity index (χ3v) is 3.92. The summed E-state index contributed by atoms with van der Waals surface area (Å²) in [5.74, 6) is -0.131. The molecule has 0 radical (unpaired) electrons. The van der Waals surface area contributed by atoms with Crippen LogP contribution >= 0.6 is 0 Å². The van der Waals surface area contributed by atoms with E-state index in [1.54, 1.807) is 19.2 Å². The van der Waals surface area contributed by atoms with E-state index in [2.05, 4.69) is 10.2 Å². The van der Waals surface area contributed by atoms with Crippen molar-refractivity contribution in [1.29, 1.82) is 0 Å².